The van der Waals surface area contributed by atoms with Crippen LogP contribution in [0.1, 0.15) is 12.0 Å². The zero-order chi connectivity index (χ0) is 16.7. The maximum Gasteiger partial charge on any atom is 0.312 e. The average molecular weight is 337 g/mol. The first-order valence-electron chi connectivity index (χ1n) is 6.43. The summed E-state index contributed by atoms with van der Waals surface area (Å²) >= 11 is 0. The lowest BCUT2D eigenvalue weighted by atomic mass is 9.94. The molecule has 0 aromatic heterocycles. The quantitative estimate of drug-likeness (QED) is 0.914. The number of alkyl halides is 2. The maximum atomic E-state index is 13.8. The standard InChI is InChI=1S/C13H14F3NO4S/c1-8-3-2-4-10(14)11(8)22(20,21)17-6-5-9(12(18)19)13(15,16)7-17/h2-4,9H,5-7H2,1H3,(H,18,19). The summed E-state index contributed by atoms with van der Waals surface area (Å²) in [5.41, 5.74) is 0.101. The number of aliphatic carboxylic acids is 1. The number of hydrogen-bond acceptors (Lipinski definition) is 3. The van der Waals surface area contributed by atoms with Gasteiger partial charge in [0.2, 0.25) is 10.0 Å². The second kappa shape index (κ2) is 5.54. The number of aryl methyl sites for hydroxylation is 1. The first-order chi connectivity index (χ1) is 10.1. The fourth-order valence-electron chi connectivity index (χ4n) is 2.49. The van der Waals surface area contributed by atoms with Crippen molar-refractivity contribution in [2.24, 2.45) is 5.92 Å². The highest BCUT2D eigenvalue weighted by molar-refractivity contribution is 7.89. The van der Waals surface area contributed by atoms with Crippen molar-refractivity contribution in [3.63, 3.8) is 0 Å². The zero-order valence-electron chi connectivity index (χ0n) is 11.6. The number of nitrogens with zero attached hydrogens (tertiary/aromatic N) is 1. The lowest BCUT2D eigenvalue weighted by Crippen LogP contribution is -2.53. The molecule has 0 aliphatic carbocycles. The van der Waals surface area contributed by atoms with E-state index in [1.54, 1.807) is 0 Å². The molecule has 1 aromatic rings. The van der Waals surface area contributed by atoms with Gasteiger partial charge in [-0.25, -0.2) is 21.6 Å². The fourth-order valence-corrected chi connectivity index (χ4v) is 4.23. The van der Waals surface area contributed by atoms with Gasteiger partial charge in [0.05, 0.1) is 6.54 Å². The van der Waals surface area contributed by atoms with Crippen molar-refractivity contribution in [1.82, 2.24) is 4.31 Å². The van der Waals surface area contributed by atoms with Crippen molar-refractivity contribution < 1.29 is 31.5 Å². The van der Waals surface area contributed by atoms with Crippen LogP contribution in [0.15, 0.2) is 23.1 Å². The van der Waals surface area contributed by atoms with E-state index in [-0.39, 0.29) is 5.56 Å². The van der Waals surface area contributed by atoms with E-state index in [4.69, 9.17) is 5.11 Å². The molecule has 5 nitrogen and oxygen atoms in total. The molecule has 1 atom stereocenters. The Balaban J connectivity index is 2.39. The summed E-state index contributed by atoms with van der Waals surface area (Å²) in [6.07, 6.45) is -0.533. The molecule has 0 spiro atoms. The number of carboxylic acids is 1. The molecule has 1 unspecified atom stereocenters. The second-order valence-corrected chi connectivity index (χ2v) is 7.04. The summed E-state index contributed by atoms with van der Waals surface area (Å²) in [6.45, 7) is -0.319. The molecule has 0 bridgehead atoms. The monoisotopic (exact) mass is 337 g/mol. The Morgan fingerprint density at radius 1 is 1.41 bits per heavy atom. The van der Waals surface area contributed by atoms with Gasteiger partial charge in [0.15, 0.2) is 0 Å². The Morgan fingerprint density at radius 3 is 2.55 bits per heavy atom. The molecule has 1 aliphatic rings. The number of rotatable bonds is 3. The van der Waals surface area contributed by atoms with Crippen LogP contribution in [-0.4, -0.2) is 42.8 Å². The number of carboxylic acid groups (broad SMARTS) is 1. The Kier molecular flexibility index (Phi) is 4.22. The molecule has 22 heavy (non-hydrogen) atoms. The van der Waals surface area contributed by atoms with E-state index in [9.17, 15) is 26.4 Å². The number of carbonyl (C=O) groups is 1. The lowest BCUT2D eigenvalue weighted by Gasteiger charge is -2.35. The summed E-state index contributed by atoms with van der Waals surface area (Å²) < 4.78 is 66.7. The first-order valence-corrected chi connectivity index (χ1v) is 7.87. The minimum atomic E-state index is -4.46. The van der Waals surface area contributed by atoms with E-state index in [0.717, 1.165) is 6.07 Å². The van der Waals surface area contributed by atoms with Gasteiger partial charge in [-0.1, -0.05) is 12.1 Å². The maximum absolute atomic E-state index is 13.8. The predicted molar refractivity (Wildman–Crippen MR) is 70.6 cm³/mol. The Labute approximate surface area is 125 Å². The first kappa shape index (κ1) is 16.8. The van der Waals surface area contributed by atoms with E-state index in [2.05, 4.69) is 0 Å². The molecule has 0 radical (unpaired) electrons. The Bertz CT molecular complexity index is 685. The molecule has 1 aromatic carbocycles. The zero-order valence-corrected chi connectivity index (χ0v) is 12.4. The van der Waals surface area contributed by atoms with Crippen LogP contribution >= 0.6 is 0 Å². The molecule has 9 heteroatoms. The summed E-state index contributed by atoms with van der Waals surface area (Å²) in [5, 5.41) is 8.76. The third kappa shape index (κ3) is 2.82. The van der Waals surface area contributed by atoms with Crippen molar-refractivity contribution in [3.8, 4) is 0 Å². The van der Waals surface area contributed by atoms with Gasteiger partial charge >= 0.3 is 5.97 Å². The molecule has 122 valence electrons. The number of halogens is 3. The van der Waals surface area contributed by atoms with Crippen molar-refractivity contribution in [1.29, 1.82) is 0 Å². The lowest BCUT2D eigenvalue weighted by molar-refractivity contribution is -0.163. The number of piperidine rings is 1. The van der Waals surface area contributed by atoms with Crippen molar-refractivity contribution in [2.75, 3.05) is 13.1 Å². The summed E-state index contributed by atoms with van der Waals surface area (Å²) in [4.78, 5) is 10.1. The highest BCUT2D eigenvalue weighted by Crippen LogP contribution is 2.36. The topological polar surface area (TPSA) is 74.7 Å². The van der Waals surface area contributed by atoms with Gasteiger partial charge in [-0.05, 0) is 25.0 Å². The van der Waals surface area contributed by atoms with Crippen LogP contribution in [0.25, 0.3) is 0 Å². The molecule has 1 heterocycles. The van der Waals surface area contributed by atoms with Gasteiger partial charge in [0.25, 0.3) is 5.92 Å². The van der Waals surface area contributed by atoms with E-state index < -0.39 is 58.1 Å². The molecule has 2 rings (SSSR count). The third-order valence-corrected chi connectivity index (χ3v) is 5.65. The van der Waals surface area contributed by atoms with Crippen LogP contribution in [0.5, 0.6) is 0 Å². The van der Waals surface area contributed by atoms with Gasteiger partial charge < -0.3 is 5.11 Å². The molecule has 1 aliphatic heterocycles. The van der Waals surface area contributed by atoms with Gasteiger partial charge in [-0.2, -0.15) is 4.31 Å². The molecule has 1 saturated heterocycles. The predicted octanol–water partition coefficient (Wildman–Crippen LogP) is 1.86. The second-order valence-electron chi connectivity index (χ2n) is 5.16. The highest BCUT2D eigenvalue weighted by atomic mass is 32.2. The van der Waals surface area contributed by atoms with Gasteiger partial charge in [-0.3, -0.25) is 4.79 Å². The van der Waals surface area contributed by atoms with Gasteiger partial charge in [0.1, 0.15) is 16.6 Å². The average Bonchev–Trinajstić information content (AvgIpc) is 2.36. The Hall–Kier alpha value is -1.61. The van der Waals surface area contributed by atoms with E-state index in [0.29, 0.717) is 4.31 Å². The number of hydrogen-bond donors (Lipinski definition) is 1. The third-order valence-electron chi connectivity index (χ3n) is 3.62. The van der Waals surface area contributed by atoms with E-state index in [1.807, 2.05) is 0 Å². The van der Waals surface area contributed by atoms with Crippen LogP contribution < -0.4 is 0 Å². The molecular weight excluding hydrogens is 323 g/mol. The van der Waals surface area contributed by atoms with E-state index >= 15 is 0 Å². The largest absolute Gasteiger partial charge is 0.481 e. The van der Waals surface area contributed by atoms with Crippen molar-refractivity contribution in [2.45, 2.75) is 24.2 Å². The SMILES string of the molecule is Cc1cccc(F)c1S(=O)(=O)N1CCC(C(=O)O)C(F)(F)C1. The summed E-state index contributed by atoms with van der Waals surface area (Å²) in [6, 6.07) is 3.61. The highest BCUT2D eigenvalue weighted by Gasteiger charge is 2.51. The minimum Gasteiger partial charge on any atom is -0.481 e. The molecule has 0 amide bonds. The number of benzene rings is 1. The molecule has 0 saturated carbocycles. The molecule has 1 fully saturated rings. The van der Waals surface area contributed by atoms with Crippen LogP contribution in [0.2, 0.25) is 0 Å². The van der Waals surface area contributed by atoms with Gasteiger partial charge in [0, 0.05) is 6.54 Å². The smallest absolute Gasteiger partial charge is 0.312 e. The van der Waals surface area contributed by atoms with Crippen LogP contribution in [-0.2, 0) is 14.8 Å². The van der Waals surface area contributed by atoms with Crippen LogP contribution in [0, 0.1) is 18.7 Å². The summed E-state index contributed by atoms with van der Waals surface area (Å²) in [5.74, 6) is -8.36. The Morgan fingerprint density at radius 2 is 2.05 bits per heavy atom. The molecule has 1 N–H and O–H groups in total. The van der Waals surface area contributed by atoms with Crippen molar-refractivity contribution in [3.05, 3.63) is 29.6 Å². The van der Waals surface area contributed by atoms with Crippen LogP contribution in [0.4, 0.5) is 13.2 Å². The van der Waals surface area contributed by atoms with Gasteiger partial charge in [-0.15, -0.1) is 0 Å². The van der Waals surface area contributed by atoms with E-state index in [1.165, 1.54) is 19.1 Å². The summed E-state index contributed by atoms with van der Waals surface area (Å²) in [7, 11) is -4.46. The number of sulfonamides is 1. The minimum absolute atomic E-state index is 0.101. The van der Waals surface area contributed by atoms with Crippen molar-refractivity contribution >= 4 is 16.0 Å². The fraction of sp³-hybridized carbons (Fsp3) is 0.462. The van der Waals surface area contributed by atoms with Crippen LogP contribution in [0.3, 0.4) is 0 Å². The normalized spacial score (nSPS) is 22.5. The molecular formula is C13H14F3NO4S.